The molecular formula is C21H22N4O3. The highest BCUT2D eigenvalue weighted by molar-refractivity contribution is 6.03. The van der Waals surface area contributed by atoms with E-state index in [1.807, 2.05) is 24.3 Å². The third-order valence-corrected chi connectivity index (χ3v) is 4.16. The number of anilines is 3. The zero-order valence-electron chi connectivity index (χ0n) is 16.0. The molecular weight excluding hydrogens is 356 g/mol. The number of carbonyl (C=O) groups is 1. The van der Waals surface area contributed by atoms with E-state index in [1.165, 1.54) is 11.8 Å². The number of amides is 1. The summed E-state index contributed by atoms with van der Waals surface area (Å²) in [5, 5.41) is 5.91. The van der Waals surface area contributed by atoms with Crippen molar-refractivity contribution in [2.45, 2.75) is 13.3 Å². The molecule has 0 spiro atoms. The molecule has 0 bridgehead atoms. The zero-order valence-corrected chi connectivity index (χ0v) is 16.0. The topological polar surface area (TPSA) is 85.4 Å². The molecule has 0 saturated heterocycles. The van der Waals surface area contributed by atoms with Crippen LogP contribution in [0.5, 0.6) is 11.5 Å². The number of nitrogens with one attached hydrogen (secondary N) is 2. The van der Waals surface area contributed by atoms with E-state index < -0.39 is 0 Å². The lowest BCUT2D eigenvalue weighted by molar-refractivity contribution is 0.102. The summed E-state index contributed by atoms with van der Waals surface area (Å²) >= 11 is 0. The van der Waals surface area contributed by atoms with Gasteiger partial charge in [-0.2, -0.15) is 0 Å². The van der Waals surface area contributed by atoms with Gasteiger partial charge in [-0.15, -0.1) is 0 Å². The van der Waals surface area contributed by atoms with E-state index in [4.69, 9.17) is 9.47 Å². The normalized spacial score (nSPS) is 10.2. The van der Waals surface area contributed by atoms with Crippen LogP contribution >= 0.6 is 0 Å². The summed E-state index contributed by atoms with van der Waals surface area (Å²) in [4.78, 5) is 21.0. The highest BCUT2D eigenvalue weighted by atomic mass is 16.5. The van der Waals surface area contributed by atoms with Crippen molar-refractivity contribution in [1.29, 1.82) is 0 Å². The Labute approximate surface area is 163 Å². The van der Waals surface area contributed by atoms with Gasteiger partial charge in [0.1, 0.15) is 17.2 Å². The minimum absolute atomic E-state index is 0.254. The van der Waals surface area contributed by atoms with Crippen LogP contribution in [-0.2, 0) is 6.42 Å². The van der Waals surface area contributed by atoms with Gasteiger partial charge in [0.25, 0.3) is 5.91 Å². The molecule has 0 radical (unpaired) electrons. The molecule has 0 unspecified atom stereocenters. The minimum Gasteiger partial charge on any atom is -0.497 e. The fourth-order valence-electron chi connectivity index (χ4n) is 2.59. The van der Waals surface area contributed by atoms with Crippen molar-refractivity contribution >= 4 is 23.2 Å². The van der Waals surface area contributed by atoms with Crippen molar-refractivity contribution in [3.63, 3.8) is 0 Å². The summed E-state index contributed by atoms with van der Waals surface area (Å²) < 4.78 is 10.5. The molecule has 144 valence electrons. The van der Waals surface area contributed by atoms with Crippen molar-refractivity contribution < 1.29 is 14.3 Å². The Bertz CT molecular complexity index is 958. The van der Waals surface area contributed by atoms with E-state index in [1.54, 1.807) is 38.5 Å². The molecule has 0 aliphatic carbocycles. The number of nitrogens with zero attached hydrogens (tertiary/aromatic N) is 2. The maximum Gasteiger partial charge on any atom is 0.274 e. The van der Waals surface area contributed by atoms with Gasteiger partial charge in [0, 0.05) is 18.0 Å². The molecule has 7 heteroatoms. The van der Waals surface area contributed by atoms with Crippen molar-refractivity contribution in [3.8, 4) is 11.5 Å². The highest BCUT2D eigenvalue weighted by Gasteiger charge is 2.11. The predicted octanol–water partition coefficient (Wildman–Crippen LogP) is 4.05. The number of hydrogen-bond donors (Lipinski definition) is 2. The number of carbonyl (C=O) groups excluding carboxylic acids is 1. The Morgan fingerprint density at radius 1 is 1.04 bits per heavy atom. The van der Waals surface area contributed by atoms with Crippen molar-refractivity contribution in [1.82, 2.24) is 9.97 Å². The maximum absolute atomic E-state index is 12.5. The Morgan fingerprint density at radius 2 is 1.82 bits per heavy atom. The highest BCUT2D eigenvalue weighted by Crippen LogP contribution is 2.30. The number of methoxy groups -OCH3 is 2. The van der Waals surface area contributed by atoms with Crippen LogP contribution in [0.15, 0.2) is 54.7 Å². The van der Waals surface area contributed by atoms with Gasteiger partial charge in [-0.05, 0) is 42.3 Å². The smallest absolute Gasteiger partial charge is 0.274 e. The standard InChI is InChI=1S/C21H22N4O3/c1-4-14-5-7-15(8-6-14)23-20(26)18-11-12-22-21(25-18)24-17-10-9-16(27-2)13-19(17)28-3/h5-13H,4H2,1-3H3,(H,23,26)(H,22,24,25). The second kappa shape index (κ2) is 8.85. The first-order valence-electron chi connectivity index (χ1n) is 8.85. The largest absolute Gasteiger partial charge is 0.497 e. The predicted molar refractivity (Wildman–Crippen MR) is 109 cm³/mol. The van der Waals surface area contributed by atoms with E-state index in [2.05, 4.69) is 27.5 Å². The van der Waals surface area contributed by atoms with Crippen LogP contribution in [-0.4, -0.2) is 30.1 Å². The molecule has 28 heavy (non-hydrogen) atoms. The molecule has 0 aliphatic rings. The lowest BCUT2D eigenvalue weighted by atomic mass is 10.1. The van der Waals surface area contributed by atoms with Crippen LogP contribution < -0.4 is 20.1 Å². The van der Waals surface area contributed by atoms with E-state index in [0.717, 1.165) is 6.42 Å². The Hall–Kier alpha value is -3.61. The fraction of sp³-hybridized carbons (Fsp3) is 0.190. The second-order valence-corrected chi connectivity index (χ2v) is 5.96. The summed E-state index contributed by atoms with van der Waals surface area (Å²) in [6.45, 7) is 2.08. The van der Waals surface area contributed by atoms with Gasteiger partial charge >= 0.3 is 0 Å². The van der Waals surface area contributed by atoms with Gasteiger partial charge in [0.05, 0.1) is 19.9 Å². The van der Waals surface area contributed by atoms with Gasteiger partial charge < -0.3 is 20.1 Å². The molecule has 2 aromatic carbocycles. The quantitative estimate of drug-likeness (QED) is 0.645. The van der Waals surface area contributed by atoms with Crippen molar-refractivity contribution in [2.75, 3.05) is 24.9 Å². The fourth-order valence-corrected chi connectivity index (χ4v) is 2.59. The molecule has 0 atom stereocenters. The monoisotopic (exact) mass is 378 g/mol. The van der Waals surface area contributed by atoms with Gasteiger partial charge in [0.2, 0.25) is 5.95 Å². The van der Waals surface area contributed by atoms with E-state index >= 15 is 0 Å². The Morgan fingerprint density at radius 3 is 2.50 bits per heavy atom. The molecule has 1 heterocycles. The summed E-state index contributed by atoms with van der Waals surface area (Å²) in [5.41, 5.74) is 2.84. The van der Waals surface area contributed by atoms with Crippen LogP contribution in [0.4, 0.5) is 17.3 Å². The second-order valence-electron chi connectivity index (χ2n) is 5.96. The van der Waals surface area contributed by atoms with Crippen LogP contribution in [0.3, 0.4) is 0 Å². The lowest BCUT2D eigenvalue weighted by Crippen LogP contribution is -2.14. The van der Waals surface area contributed by atoms with Gasteiger partial charge in [0.15, 0.2) is 0 Å². The number of aryl methyl sites for hydroxylation is 1. The summed E-state index contributed by atoms with van der Waals surface area (Å²) in [6.07, 6.45) is 2.48. The number of aromatic nitrogens is 2. The third kappa shape index (κ3) is 4.56. The van der Waals surface area contributed by atoms with Crippen molar-refractivity contribution in [2.24, 2.45) is 0 Å². The number of benzene rings is 2. The first kappa shape index (κ1) is 19.2. The molecule has 1 aromatic heterocycles. The zero-order chi connectivity index (χ0) is 19.9. The number of hydrogen-bond acceptors (Lipinski definition) is 6. The average Bonchev–Trinajstić information content (AvgIpc) is 2.74. The third-order valence-electron chi connectivity index (χ3n) is 4.16. The lowest BCUT2D eigenvalue weighted by Gasteiger charge is -2.12. The van der Waals surface area contributed by atoms with Gasteiger partial charge in [-0.3, -0.25) is 4.79 Å². The molecule has 0 aliphatic heterocycles. The summed E-state index contributed by atoms with van der Waals surface area (Å²) in [6, 6.07) is 14.6. The van der Waals surface area contributed by atoms with Crippen LogP contribution in [0.2, 0.25) is 0 Å². The first-order chi connectivity index (χ1) is 13.6. The summed E-state index contributed by atoms with van der Waals surface area (Å²) in [5.74, 6) is 1.23. The maximum atomic E-state index is 12.5. The van der Waals surface area contributed by atoms with E-state index in [9.17, 15) is 4.79 Å². The SMILES string of the molecule is CCc1ccc(NC(=O)c2ccnc(Nc3ccc(OC)cc3OC)n2)cc1. The molecule has 0 saturated carbocycles. The van der Waals surface area contributed by atoms with Crippen molar-refractivity contribution in [3.05, 3.63) is 66.0 Å². The van der Waals surface area contributed by atoms with E-state index in [-0.39, 0.29) is 17.5 Å². The van der Waals surface area contributed by atoms with Gasteiger partial charge in [-0.25, -0.2) is 9.97 Å². The Kier molecular flexibility index (Phi) is 6.06. The number of rotatable bonds is 7. The minimum atomic E-state index is -0.309. The molecule has 1 amide bonds. The molecule has 0 fully saturated rings. The first-order valence-corrected chi connectivity index (χ1v) is 8.85. The summed E-state index contributed by atoms with van der Waals surface area (Å²) in [7, 11) is 3.15. The van der Waals surface area contributed by atoms with Crippen LogP contribution in [0, 0.1) is 0 Å². The number of ether oxygens (including phenoxy) is 2. The Balaban J connectivity index is 1.75. The van der Waals surface area contributed by atoms with Gasteiger partial charge in [-0.1, -0.05) is 19.1 Å². The van der Waals surface area contributed by atoms with E-state index in [0.29, 0.717) is 22.9 Å². The molecule has 3 aromatic rings. The molecule has 3 rings (SSSR count). The van der Waals surface area contributed by atoms with Crippen LogP contribution in [0.1, 0.15) is 23.0 Å². The average molecular weight is 378 g/mol. The van der Waals surface area contributed by atoms with Crippen LogP contribution in [0.25, 0.3) is 0 Å². The molecule has 2 N–H and O–H groups in total. The molecule has 7 nitrogen and oxygen atoms in total.